The monoisotopic (exact) mass is 192 g/mol. The molecule has 1 fully saturated rings. The molecule has 1 saturated heterocycles. The Labute approximate surface area is 84.5 Å². The van der Waals surface area contributed by atoms with Crippen molar-refractivity contribution in [2.24, 2.45) is 5.92 Å². The predicted octanol–water partition coefficient (Wildman–Crippen LogP) is 1.16. The van der Waals surface area contributed by atoms with Crippen LogP contribution in [-0.4, -0.2) is 25.2 Å². The summed E-state index contributed by atoms with van der Waals surface area (Å²) >= 11 is 0. The number of nitrogens with one attached hydrogen (secondary N) is 1. The van der Waals surface area contributed by atoms with Crippen molar-refractivity contribution in [3.05, 3.63) is 23.4 Å². The third kappa shape index (κ3) is 1.87. The molecule has 0 aromatic carbocycles. The van der Waals surface area contributed by atoms with Crippen molar-refractivity contribution in [2.45, 2.75) is 13.3 Å². The van der Waals surface area contributed by atoms with Crippen LogP contribution in [0.15, 0.2) is 12.3 Å². The number of hydrogen-bond acceptors (Lipinski definition) is 3. The second-order valence-corrected chi connectivity index (χ2v) is 3.90. The van der Waals surface area contributed by atoms with Crippen molar-refractivity contribution in [2.75, 3.05) is 20.2 Å². The van der Waals surface area contributed by atoms with Crippen molar-refractivity contribution in [3.8, 4) is 5.88 Å². The van der Waals surface area contributed by atoms with Gasteiger partial charge in [0.1, 0.15) is 0 Å². The number of nitrogens with zero attached hydrogens (tertiary/aromatic N) is 1. The summed E-state index contributed by atoms with van der Waals surface area (Å²) in [6, 6.07) is 2.17. The van der Waals surface area contributed by atoms with Crippen LogP contribution >= 0.6 is 0 Å². The van der Waals surface area contributed by atoms with Gasteiger partial charge in [-0.05, 0) is 44.0 Å². The summed E-state index contributed by atoms with van der Waals surface area (Å²) in [7, 11) is 1.66. The molecule has 2 heterocycles. The van der Waals surface area contributed by atoms with E-state index in [0.29, 0.717) is 0 Å². The van der Waals surface area contributed by atoms with Crippen LogP contribution < -0.4 is 10.1 Å². The topological polar surface area (TPSA) is 34.1 Å². The maximum Gasteiger partial charge on any atom is 0.215 e. The maximum absolute atomic E-state index is 5.12. The van der Waals surface area contributed by atoms with Gasteiger partial charge in [0, 0.05) is 11.8 Å². The van der Waals surface area contributed by atoms with E-state index in [1.54, 1.807) is 7.11 Å². The van der Waals surface area contributed by atoms with Crippen LogP contribution in [-0.2, 0) is 6.42 Å². The van der Waals surface area contributed by atoms with Gasteiger partial charge >= 0.3 is 0 Å². The summed E-state index contributed by atoms with van der Waals surface area (Å²) in [6.45, 7) is 4.32. The third-order valence-electron chi connectivity index (χ3n) is 2.67. The van der Waals surface area contributed by atoms with Crippen LogP contribution in [0.1, 0.15) is 11.1 Å². The molecule has 0 amide bonds. The third-order valence-corrected chi connectivity index (χ3v) is 2.67. The first-order valence-electron chi connectivity index (χ1n) is 5.00. The highest BCUT2D eigenvalue weighted by Gasteiger charge is 2.17. The fourth-order valence-electron chi connectivity index (χ4n) is 1.77. The number of ether oxygens (including phenoxy) is 1. The van der Waals surface area contributed by atoms with E-state index in [9.17, 15) is 0 Å². The van der Waals surface area contributed by atoms with Gasteiger partial charge in [0.15, 0.2) is 0 Å². The van der Waals surface area contributed by atoms with Crippen LogP contribution in [0, 0.1) is 12.8 Å². The number of pyridine rings is 1. The molecule has 76 valence electrons. The zero-order valence-corrected chi connectivity index (χ0v) is 8.71. The molecular weight excluding hydrogens is 176 g/mol. The molecule has 14 heavy (non-hydrogen) atoms. The minimum Gasteiger partial charge on any atom is -0.481 e. The second-order valence-electron chi connectivity index (χ2n) is 3.90. The van der Waals surface area contributed by atoms with Crippen LogP contribution in [0.2, 0.25) is 0 Å². The minimum absolute atomic E-state index is 0.737. The van der Waals surface area contributed by atoms with Gasteiger partial charge in [-0.3, -0.25) is 0 Å². The predicted molar refractivity (Wildman–Crippen MR) is 55.6 cm³/mol. The first kappa shape index (κ1) is 9.46. The maximum atomic E-state index is 5.12. The molecule has 3 nitrogen and oxygen atoms in total. The molecule has 0 radical (unpaired) electrons. The standard InChI is InChI=1S/C11H16N2O/c1-8-3-9(4-10-5-12-6-10)7-13-11(8)14-2/h3,7,10,12H,4-6H2,1-2H3. The lowest BCUT2D eigenvalue weighted by Gasteiger charge is -2.27. The van der Waals surface area contributed by atoms with Gasteiger partial charge < -0.3 is 10.1 Å². The van der Waals surface area contributed by atoms with Gasteiger partial charge in [0.2, 0.25) is 5.88 Å². The van der Waals surface area contributed by atoms with E-state index < -0.39 is 0 Å². The molecule has 0 atom stereocenters. The molecule has 0 bridgehead atoms. The Hall–Kier alpha value is -1.09. The first-order valence-corrected chi connectivity index (χ1v) is 5.00. The van der Waals surface area contributed by atoms with Crippen molar-refractivity contribution in [1.82, 2.24) is 10.3 Å². The fraction of sp³-hybridized carbons (Fsp3) is 0.545. The van der Waals surface area contributed by atoms with Crippen LogP contribution in [0.3, 0.4) is 0 Å². The number of rotatable bonds is 3. The first-order chi connectivity index (χ1) is 6.79. The lowest BCUT2D eigenvalue weighted by Crippen LogP contribution is -2.43. The number of aryl methyl sites for hydroxylation is 1. The van der Waals surface area contributed by atoms with Gasteiger partial charge in [-0.15, -0.1) is 0 Å². The van der Waals surface area contributed by atoms with Crippen LogP contribution in [0.4, 0.5) is 0 Å². The van der Waals surface area contributed by atoms with Gasteiger partial charge in [-0.25, -0.2) is 4.98 Å². The van der Waals surface area contributed by atoms with E-state index in [1.165, 1.54) is 5.56 Å². The Morgan fingerprint density at radius 3 is 2.86 bits per heavy atom. The van der Waals surface area contributed by atoms with Gasteiger partial charge in [0.25, 0.3) is 0 Å². The minimum atomic E-state index is 0.737. The van der Waals surface area contributed by atoms with Gasteiger partial charge in [0.05, 0.1) is 7.11 Å². The van der Waals surface area contributed by atoms with E-state index >= 15 is 0 Å². The molecule has 1 aliphatic heterocycles. The lowest BCUT2D eigenvalue weighted by atomic mass is 9.95. The van der Waals surface area contributed by atoms with Crippen molar-refractivity contribution in [1.29, 1.82) is 0 Å². The largest absolute Gasteiger partial charge is 0.481 e. The summed E-state index contributed by atoms with van der Waals surface area (Å²) < 4.78 is 5.12. The highest BCUT2D eigenvalue weighted by atomic mass is 16.5. The van der Waals surface area contributed by atoms with Crippen molar-refractivity contribution in [3.63, 3.8) is 0 Å². The smallest absolute Gasteiger partial charge is 0.215 e. The zero-order valence-electron chi connectivity index (χ0n) is 8.71. The average molecular weight is 192 g/mol. The summed E-state index contributed by atoms with van der Waals surface area (Å²) in [5.74, 6) is 1.53. The molecule has 3 heteroatoms. The molecule has 1 aromatic heterocycles. The Morgan fingerprint density at radius 2 is 2.36 bits per heavy atom. The second kappa shape index (κ2) is 3.96. The summed E-state index contributed by atoms with van der Waals surface area (Å²) in [6.07, 6.45) is 3.05. The quantitative estimate of drug-likeness (QED) is 0.780. The molecule has 1 aromatic rings. The van der Waals surface area contributed by atoms with E-state index in [0.717, 1.165) is 36.9 Å². The SMILES string of the molecule is COc1ncc(CC2CNC2)cc1C. The lowest BCUT2D eigenvalue weighted by molar-refractivity contribution is 0.345. The van der Waals surface area contributed by atoms with Gasteiger partial charge in [-0.2, -0.15) is 0 Å². The Bertz CT molecular complexity index is 321. The molecule has 1 N–H and O–H groups in total. The van der Waals surface area contributed by atoms with Gasteiger partial charge in [-0.1, -0.05) is 0 Å². The summed E-state index contributed by atoms with van der Waals surface area (Å²) in [5, 5.41) is 3.27. The molecule has 0 unspecified atom stereocenters. The van der Waals surface area contributed by atoms with E-state index in [2.05, 4.69) is 16.4 Å². The van der Waals surface area contributed by atoms with Crippen LogP contribution in [0.5, 0.6) is 5.88 Å². The number of aromatic nitrogens is 1. The van der Waals surface area contributed by atoms with E-state index in [-0.39, 0.29) is 0 Å². The summed E-state index contributed by atoms with van der Waals surface area (Å²) in [4.78, 5) is 4.27. The molecule has 0 saturated carbocycles. The number of methoxy groups -OCH3 is 1. The summed E-state index contributed by atoms with van der Waals surface area (Å²) in [5.41, 5.74) is 2.44. The Morgan fingerprint density at radius 1 is 1.57 bits per heavy atom. The fourth-order valence-corrected chi connectivity index (χ4v) is 1.77. The molecule has 1 aliphatic rings. The zero-order chi connectivity index (χ0) is 9.97. The van der Waals surface area contributed by atoms with Crippen molar-refractivity contribution < 1.29 is 4.74 Å². The molecular formula is C11H16N2O. The van der Waals surface area contributed by atoms with E-state index in [4.69, 9.17) is 4.74 Å². The average Bonchev–Trinajstić information content (AvgIpc) is 2.12. The van der Waals surface area contributed by atoms with E-state index in [1.807, 2.05) is 13.1 Å². The Balaban J connectivity index is 2.07. The Kier molecular flexibility index (Phi) is 2.68. The highest BCUT2D eigenvalue weighted by Crippen LogP contribution is 2.18. The normalized spacial score (nSPS) is 16.4. The van der Waals surface area contributed by atoms with Crippen molar-refractivity contribution >= 4 is 0 Å². The number of hydrogen-bond donors (Lipinski definition) is 1. The molecule has 2 rings (SSSR count). The molecule has 0 spiro atoms. The van der Waals surface area contributed by atoms with Crippen LogP contribution in [0.25, 0.3) is 0 Å². The molecule has 0 aliphatic carbocycles. The highest BCUT2D eigenvalue weighted by molar-refractivity contribution is 5.28.